The van der Waals surface area contributed by atoms with E-state index >= 15 is 0 Å². The van der Waals surface area contributed by atoms with Crippen molar-refractivity contribution in [2.45, 2.75) is 40.0 Å². The van der Waals surface area contributed by atoms with Gasteiger partial charge in [-0.05, 0) is 37.0 Å². The van der Waals surface area contributed by atoms with Gasteiger partial charge in [0.05, 0.1) is 0 Å². The Labute approximate surface area is 116 Å². The molecule has 0 heterocycles. The van der Waals surface area contributed by atoms with E-state index in [-0.39, 0.29) is 5.41 Å². The number of rotatable bonds is 2. The minimum absolute atomic E-state index is 0.0703. The molecule has 0 unspecified atom stereocenters. The molecule has 0 amide bonds. The Balaban J connectivity index is 2.50. The fourth-order valence-corrected chi connectivity index (χ4v) is 2.25. The van der Waals surface area contributed by atoms with E-state index in [1.165, 1.54) is 16.7 Å². The van der Waals surface area contributed by atoms with Crippen LogP contribution in [-0.2, 0) is 5.41 Å². The quantitative estimate of drug-likeness (QED) is 0.697. The Morgan fingerprint density at radius 1 is 0.895 bits per heavy atom. The molecule has 0 atom stereocenters. The molecule has 19 heavy (non-hydrogen) atoms. The van der Waals surface area contributed by atoms with Crippen molar-refractivity contribution in [1.29, 1.82) is 0 Å². The number of aryl methyl sites for hydroxylation is 2. The smallest absolute Gasteiger partial charge is 0.134 e. The van der Waals surface area contributed by atoms with Gasteiger partial charge in [-0.25, -0.2) is 0 Å². The molecule has 0 aromatic heterocycles. The van der Waals surface area contributed by atoms with Crippen LogP contribution in [0.1, 0.15) is 37.5 Å². The summed E-state index contributed by atoms with van der Waals surface area (Å²) in [6.45, 7) is 10.9. The second kappa shape index (κ2) is 5.08. The van der Waals surface area contributed by atoms with Crippen molar-refractivity contribution >= 4 is 0 Å². The zero-order chi connectivity index (χ0) is 14.0. The Hall–Kier alpha value is -1.76. The maximum atomic E-state index is 6.12. The average Bonchev–Trinajstić information content (AvgIpc) is 2.32. The van der Waals surface area contributed by atoms with Gasteiger partial charge < -0.3 is 4.74 Å². The predicted molar refractivity (Wildman–Crippen MR) is 81.1 cm³/mol. The van der Waals surface area contributed by atoms with Crippen molar-refractivity contribution in [3.8, 4) is 11.5 Å². The maximum Gasteiger partial charge on any atom is 0.134 e. The normalized spacial score (nSPS) is 11.4. The molecule has 1 heteroatoms. The van der Waals surface area contributed by atoms with Gasteiger partial charge in [-0.1, -0.05) is 56.7 Å². The molecule has 2 aromatic rings. The molecule has 0 bridgehead atoms. The molecule has 0 fully saturated rings. The van der Waals surface area contributed by atoms with Crippen LogP contribution >= 0.6 is 0 Å². The second-order valence-corrected chi connectivity index (χ2v) is 6.12. The summed E-state index contributed by atoms with van der Waals surface area (Å²) in [4.78, 5) is 0. The molecule has 0 aliphatic rings. The van der Waals surface area contributed by atoms with E-state index in [0.717, 1.165) is 11.5 Å². The lowest BCUT2D eigenvalue weighted by molar-refractivity contribution is 0.451. The van der Waals surface area contributed by atoms with Crippen molar-refractivity contribution in [1.82, 2.24) is 0 Å². The van der Waals surface area contributed by atoms with Crippen LogP contribution in [0.2, 0.25) is 0 Å². The SMILES string of the molecule is Cc1cc(C)c(Oc2ccccc2)c(C(C)(C)C)c1. The summed E-state index contributed by atoms with van der Waals surface area (Å²) >= 11 is 0. The first-order valence-electron chi connectivity index (χ1n) is 6.72. The van der Waals surface area contributed by atoms with Gasteiger partial charge >= 0.3 is 0 Å². The van der Waals surface area contributed by atoms with Crippen molar-refractivity contribution < 1.29 is 4.74 Å². The molecular formula is C18H22O. The first kappa shape index (κ1) is 13.7. The van der Waals surface area contributed by atoms with Gasteiger partial charge in [0.15, 0.2) is 0 Å². The summed E-state index contributed by atoms with van der Waals surface area (Å²) in [6.07, 6.45) is 0. The molecular weight excluding hydrogens is 232 g/mol. The van der Waals surface area contributed by atoms with Crippen LogP contribution in [0.15, 0.2) is 42.5 Å². The van der Waals surface area contributed by atoms with Gasteiger partial charge in [0.1, 0.15) is 11.5 Å². The van der Waals surface area contributed by atoms with Crippen molar-refractivity contribution in [3.63, 3.8) is 0 Å². The van der Waals surface area contributed by atoms with Gasteiger partial charge in [0.2, 0.25) is 0 Å². The Morgan fingerprint density at radius 3 is 2.11 bits per heavy atom. The fourth-order valence-electron chi connectivity index (χ4n) is 2.25. The monoisotopic (exact) mass is 254 g/mol. The Bertz CT molecular complexity index is 562. The maximum absolute atomic E-state index is 6.12. The highest BCUT2D eigenvalue weighted by Gasteiger charge is 2.21. The molecule has 0 radical (unpaired) electrons. The van der Waals surface area contributed by atoms with Crippen LogP contribution in [0, 0.1) is 13.8 Å². The zero-order valence-electron chi connectivity index (χ0n) is 12.4. The van der Waals surface area contributed by atoms with E-state index < -0.39 is 0 Å². The van der Waals surface area contributed by atoms with Gasteiger partial charge in [-0.3, -0.25) is 0 Å². The van der Waals surface area contributed by atoms with Gasteiger partial charge in [-0.15, -0.1) is 0 Å². The fraction of sp³-hybridized carbons (Fsp3) is 0.333. The minimum atomic E-state index is 0.0703. The van der Waals surface area contributed by atoms with E-state index in [1.54, 1.807) is 0 Å². The number of para-hydroxylation sites is 1. The third kappa shape index (κ3) is 3.17. The largest absolute Gasteiger partial charge is 0.457 e. The highest BCUT2D eigenvalue weighted by atomic mass is 16.5. The first-order valence-corrected chi connectivity index (χ1v) is 6.72. The summed E-state index contributed by atoms with van der Waals surface area (Å²) in [5.41, 5.74) is 3.80. The standard InChI is InChI=1S/C18H22O/c1-13-11-14(2)17(16(12-13)18(3,4)5)19-15-9-7-6-8-10-15/h6-12H,1-5H3. The van der Waals surface area contributed by atoms with Crippen molar-refractivity contribution in [2.75, 3.05) is 0 Å². The van der Waals surface area contributed by atoms with E-state index in [9.17, 15) is 0 Å². The third-order valence-electron chi connectivity index (χ3n) is 3.19. The summed E-state index contributed by atoms with van der Waals surface area (Å²) in [5.74, 6) is 1.88. The number of hydrogen-bond acceptors (Lipinski definition) is 1. The van der Waals surface area contributed by atoms with E-state index in [1.807, 2.05) is 30.3 Å². The number of hydrogen-bond donors (Lipinski definition) is 0. The first-order chi connectivity index (χ1) is 8.88. The highest BCUT2D eigenvalue weighted by Crippen LogP contribution is 2.37. The molecule has 0 N–H and O–H groups in total. The molecule has 0 aliphatic heterocycles. The van der Waals surface area contributed by atoms with Crippen LogP contribution in [0.25, 0.3) is 0 Å². The van der Waals surface area contributed by atoms with Crippen molar-refractivity contribution in [3.05, 3.63) is 59.2 Å². The lowest BCUT2D eigenvalue weighted by atomic mass is 9.84. The number of ether oxygens (including phenoxy) is 1. The molecule has 0 aliphatic carbocycles. The molecule has 0 spiro atoms. The highest BCUT2D eigenvalue weighted by molar-refractivity contribution is 5.49. The van der Waals surface area contributed by atoms with Crippen LogP contribution < -0.4 is 4.74 Å². The second-order valence-electron chi connectivity index (χ2n) is 6.12. The topological polar surface area (TPSA) is 9.23 Å². The summed E-state index contributed by atoms with van der Waals surface area (Å²) in [5, 5.41) is 0. The average molecular weight is 254 g/mol. The Kier molecular flexibility index (Phi) is 3.66. The van der Waals surface area contributed by atoms with Gasteiger partial charge in [0, 0.05) is 5.56 Å². The molecule has 2 rings (SSSR count). The molecule has 0 saturated carbocycles. The van der Waals surface area contributed by atoms with Crippen LogP contribution in [-0.4, -0.2) is 0 Å². The lowest BCUT2D eigenvalue weighted by Gasteiger charge is -2.25. The predicted octanol–water partition coefficient (Wildman–Crippen LogP) is 5.39. The zero-order valence-corrected chi connectivity index (χ0v) is 12.4. The molecule has 1 nitrogen and oxygen atoms in total. The van der Waals surface area contributed by atoms with Crippen LogP contribution in [0.4, 0.5) is 0 Å². The van der Waals surface area contributed by atoms with Crippen LogP contribution in [0.3, 0.4) is 0 Å². The molecule has 100 valence electrons. The summed E-state index contributed by atoms with van der Waals surface area (Å²) in [6, 6.07) is 14.4. The van der Waals surface area contributed by atoms with E-state index in [2.05, 4.69) is 46.8 Å². The minimum Gasteiger partial charge on any atom is -0.457 e. The van der Waals surface area contributed by atoms with E-state index in [4.69, 9.17) is 4.74 Å². The number of benzene rings is 2. The third-order valence-corrected chi connectivity index (χ3v) is 3.19. The molecule has 0 saturated heterocycles. The summed E-state index contributed by atoms with van der Waals surface area (Å²) in [7, 11) is 0. The molecule has 2 aromatic carbocycles. The van der Waals surface area contributed by atoms with Gasteiger partial charge in [-0.2, -0.15) is 0 Å². The Morgan fingerprint density at radius 2 is 1.53 bits per heavy atom. The van der Waals surface area contributed by atoms with Crippen LogP contribution in [0.5, 0.6) is 11.5 Å². The van der Waals surface area contributed by atoms with Gasteiger partial charge in [0.25, 0.3) is 0 Å². The van der Waals surface area contributed by atoms with Crippen molar-refractivity contribution in [2.24, 2.45) is 0 Å². The lowest BCUT2D eigenvalue weighted by Crippen LogP contribution is -2.13. The summed E-state index contributed by atoms with van der Waals surface area (Å²) < 4.78 is 6.12. The van der Waals surface area contributed by atoms with E-state index in [0.29, 0.717) is 0 Å².